The van der Waals surface area contributed by atoms with E-state index in [0.717, 1.165) is 0 Å². The first-order valence-electron chi connectivity index (χ1n) is 3.76. The number of carboxylic acids is 1. The van der Waals surface area contributed by atoms with Crippen molar-refractivity contribution < 1.29 is 9.90 Å². The molecule has 1 aromatic carbocycles. The maximum Gasteiger partial charge on any atom is 0.337 e. The van der Waals surface area contributed by atoms with E-state index in [2.05, 4.69) is 15.9 Å². The van der Waals surface area contributed by atoms with Gasteiger partial charge >= 0.3 is 5.97 Å². The molecule has 2 atom stereocenters. The van der Waals surface area contributed by atoms with Crippen molar-refractivity contribution in [2.75, 3.05) is 0 Å². The molecule has 0 amide bonds. The second kappa shape index (κ2) is 4.51. The zero-order valence-electron chi connectivity index (χ0n) is 6.95. The fraction of sp³-hybridized carbons (Fsp3) is 0.222. The Hall–Kier alpha value is -0.250. The molecular formula is C9H7BrCl2O2. The third-order valence-corrected chi connectivity index (χ3v) is 3.83. The standard InChI is InChI=1S/C9H7BrCl2O2/c10-9(12,8(13)14)7(11)6-4-2-1-3-5-6/h1-5,7H,(H,13,14). The number of carbonyl (C=O) groups is 1. The summed E-state index contributed by atoms with van der Waals surface area (Å²) < 4.78 is -1.67. The highest BCUT2D eigenvalue weighted by atomic mass is 79.9. The summed E-state index contributed by atoms with van der Waals surface area (Å²) in [4.78, 5) is 10.8. The zero-order chi connectivity index (χ0) is 10.8. The summed E-state index contributed by atoms with van der Waals surface area (Å²) in [5.74, 6) is -1.21. The molecule has 2 unspecified atom stereocenters. The third-order valence-electron chi connectivity index (χ3n) is 1.70. The van der Waals surface area contributed by atoms with Crippen molar-refractivity contribution in [2.45, 2.75) is 9.16 Å². The van der Waals surface area contributed by atoms with Gasteiger partial charge in [0.05, 0.1) is 5.38 Å². The van der Waals surface area contributed by atoms with Crippen LogP contribution in [0.15, 0.2) is 30.3 Å². The molecule has 0 aliphatic rings. The first kappa shape index (κ1) is 11.8. The molecule has 0 bridgehead atoms. The summed E-state index contributed by atoms with van der Waals surface area (Å²) in [6.07, 6.45) is 0. The van der Waals surface area contributed by atoms with E-state index in [1.54, 1.807) is 24.3 Å². The normalized spacial score (nSPS) is 17.1. The van der Waals surface area contributed by atoms with Crippen LogP contribution < -0.4 is 0 Å². The zero-order valence-corrected chi connectivity index (χ0v) is 10.1. The summed E-state index contributed by atoms with van der Waals surface area (Å²) >= 11 is 14.6. The Morgan fingerprint density at radius 1 is 1.43 bits per heavy atom. The number of hydrogen-bond donors (Lipinski definition) is 1. The number of aliphatic carboxylic acids is 1. The molecule has 0 spiro atoms. The van der Waals surface area contributed by atoms with Crippen molar-refractivity contribution in [3.63, 3.8) is 0 Å². The summed E-state index contributed by atoms with van der Waals surface area (Å²) in [5, 5.41) is 7.98. The van der Waals surface area contributed by atoms with Gasteiger partial charge in [0.15, 0.2) is 0 Å². The number of benzene rings is 1. The van der Waals surface area contributed by atoms with E-state index in [1.807, 2.05) is 6.07 Å². The first-order chi connectivity index (χ1) is 6.46. The quantitative estimate of drug-likeness (QED) is 0.869. The molecule has 2 nitrogen and oxygen atoms in total. The molecule has 5 heteroatoms. The van der Waals surface area contributed by atoms with Crippen LogP contribution in [0.25, 0.3) is 0 Å². The molecule has 1 rings (SSSR count). The minimum atomic E-state index is -1.67. The first-order valence-corrected chi connectivity index (χ1v) is 5.37. The lowest BCUT2D eigenvalue weighted by Gasteiger charge is -2.20. The van der Waals surface area contributed by atoms with Crippen LogP contribution in [-0.4, -0.2) is 14.9 Å². The van der Waals surface area contributed by atoms with Crippen molar-refractivity contribution in [3.8, 4) is 0 Å². The molecule has 0 saturated carbocycles. The molecule has 0 fully saturated rings. The Bertz CT molecular complexity index is 327. The van der Waals surface area contributed by atoms with Crippen LogP contribution in [0.3, 0.4) is 0 Å². The largest absolute Gasteiger partial charge is 0.479 e. The highest BCUT2D eigenvalue weighted by Gasteiger charge is 2.41. The van der Waals surface area contributed by atoms with E-state index in [-0.39, 0.29) is 0 Å². The summed E-state index contributed by atoms with van der Waals surface area (Å²) in [6, 6.07) is 8.80. The van der Waals surface area contributed by atoms with Crippen LogP contribution in [0.5, 0.6) is 0 Å². The number of alkyl halides is 3. The van der Waals surface area contributed by atoms with Gasteiger partial charge in [0.1, 0.15) is 0 Å². The molecule has 0 aromatic heterocycles. The van der Waals surface area contributed by atoms with Crippen molar-refractivity contribution in [1.29, 1.82) is 0 Å². The van der Waals surface area contributed by atoms with Gasteiger partial charge in [0.25, 0.3) is 0 Å². The Morgan fingerprint density at radius 2 is 1.93 bits per heavy atom. The van der Waals surface area contributed by atoms with Gasteiger partial charge in [-0.15, -0.1) is 11.6 Å². The molecule has 0 aliphatic carbocycles. The van der Waals surface area contributed by atoms with E-state index in [1.165, 1.54) is 0 Å². The SMILES string of the molecule is O=C(O)C(Cl)(Br)C(Cl)c1ccccc1. The molecular weight excluding hydrogens is 291 g/mol. The van der Waals surface area contributed by atoms with Gasteiger partial charge in [-0.05, 0) is 5.56 Å². The van der Waals surface area contributed by atoms with Crippen LogP contribution in [0, 0.1) is 0 Å². The van der Waals surface area contributed by atoms with Gasteiger partial charge in [0.2, 0.25) is 3.78 Å². The fourth-order valence-corrected chi connectivity index (χ4v) is 1.57. The van der Waals surface area contributed by atoms with E-state index >= 15 is 0 Å². The summed E-state index contributed by atoms with van der Waals surface area (Å²) in [5.41, 5.74) is 0.656. The maximum absolute atomic E-state index is 10.8. The van der Waals surface area contributed by atoms with Crippen molar-refractivity contribution in [2.24, 2.45) is 0 Å². The predicted octanol–water partition coefficient (Wildman–Crippen LogP) is 3.38. The van der Waals surface area contributed by atoms with Gasteiger partial charge in [-0.2, -0.15) is 0 Å². The van der Waals surface area contributed by atoms with Crippen LogP contribution >= 0.6 is 39.1 Å². The van der Waals surface area contributed by atoms with E-state index in [9.17, 15) is 4.79 Å². The second-order valence-corrected chi connectivity index (χ2v) is 5.44. The number of hydrogen-bond acceptors (Lipinski definition) is 1. The minimum absolute atomic E-state index is 0.656. The van der Waals surface area contributed by atoms with Crippen LogP contribution in [-0.2, 0) is 4.79 Å². The smallest absolute Gasteiger partial charge is 0.337 e. The van der Waals surface area contributed by atoms with Gasteiger partial charge in [-0.3, -0.25) is 0 Å². The van der Waals surface area contributed by atoms with Gasteiger partial charge < -0.3 is 5.11 Å². The molecule has 76 valence electrons. The highest BCUT2D eigenvalue weighted by Crippen LogP contribution is 2.42. The predicted molar refractivity (Wildman–Crippen MR) is 60.2 cm³/mol. The average molecular weight is 298 g/mol. The summed E-state index contributed by atoms with van der Waals surface area (Å²) in [6.45, 7) is 0. The van der Waals surface area contributed by atoms with Crippen molar-refractivity contribution in [3.05, 3.63) is 35.9 Å². The molecule has 0 heterocycles. The van der Waals surface area contributed by atoms with Gasteiger partial charge in [0, 0.05) is 0 Å². The molecule has 0 radical (unpaired) electrons. The summed E-state index contributed by atoms with van der Waals surface area (Å²) in [7, 11) is 0. The van der Waals surface area contributed by atoms with Gasteiger partial charge in [-0.25, -0.2) is 4.79 Å². The Balaban J connectivity index is 2.96. The number of carboxylic acid groups (broad SMARTS) is 1. The lowest BCUT2D eigenvalue weighted by Crippen LogP contribution is -2.29. The Labute approximate surface area is 100.0 Å². The average Bonchev–Trinajstić information content (AvgIpc) is 2.17. The minimum Gasteiger partial charge on any atom is -0.479 e. The fourth-order valence-electron chi connectivity index (χ4n) is 0.940. The highest BCUT2D eigenvalue weighted by molar-refractivity contribution is 9.10. The third kappa shape index (κ3) is 2.41. The monoisotopic (exact) mass is 296 g/mol. The maximum atomic E-state index is 10.8. The van der Waals surface area contributed by atoms with E-state index < -0.39 is 15.1 Å². The lowest BCUT2D eigenvalue weighted by molar-refractivity contribution is -0.137. The van der Waals surface area contributed by atoms with Gasteiger partial charge in [-0.1, -0.05) is 57.9 Å². The molecule has 0 saturated heterocycles. The number of halogens is 3. The number of rotatable bonds is 3. The van der Waals surface area contributed by atoms with E-state index in [0.29, 0.717) is 5.56 Å². The van der Waals surface area contributed by atoms with Crippen molar-refractivity contribution in [1.82, 2.24) is 0 Å². The second-order valence-electron chi connectivity index (χ2n) is 2.70. The van der Waals surface area contributed by atoms with Crippen LogP contribution in [0.2, 0.25) is 0 Å². The molecule has 14 heavy (non-hydrogen) atoms. The molecule has 1 aromatic rings. The Kier molecular flexibility index (Phi) is 3.81. The molecule has 1 N–H and O–H groups in total. The lowest BCUT2D eigenvalue weighted by atomic mass is 10.1. The molecule has 0 aliphatic heterocycles. The van der Waals surface area contributed by atoms with Crippen molar-refractivity contribution >= 4 is 45.1 Å². The topological polar surface area (TPSA) is 37.3 Å². The van der Waals surface area contributed by atoms with E-state index in [4.69, 9.17) is 28.3 Å². The van der Waals surface area contributed by atoms with Crippen LogP contribution in [0.4, 0.5) is 0 Å². The Morgan fingerprint density at radius 3 is 2.36 bits per heavy atom. The van der Waals surface area contributed by atoms with Crippen LogP contribution in [0.1, 0.15) is 10.9 Å².